The summed E-state index contributed by atoms with van der Waals surface area (Å²) >= 11 is 5.34. The van der Waals surface area contributed by atoms with E-state index in [4.69, 9.17) is 17.0 Å². The van der Waals surface area contributed by atoms with E-state index in [0.717, 1.165) is 34.2 Å². The molecule has 4 rings (SSSR count). The Morgan fingerprint density at radius 1 is 1.24 bits per heavy atom. The van der Waals surface area contributed by atoms with E-state index in [1.54, 1.807) is 10.9 Å². The molecule has 0 saturated carbocycles. The van der Waals surface area contributed by atoms with E-state index in [0.29, 0.717) is 10.6 Å². The number of fused-ring (bicyclic) bond motifs is 1. The van der Waals surface area contributed by atoms with Crippen molar-refractivity contribution in [2.45, 2.75) is 33.8 Å². The minimum Gasteiger partial charge on any atom is -0.485 e. The highest BCUT2D eigenvalue weighted by Crippen LogP contribution is 2.22. The molecule has 6 nitrogen and oxygen atoms in total. The molecule has 2 aromatic carbocycles. The lowest BCUT2D eigenvalue weighted by molar-refractivity contribution is 0.288. The SMILES string of the molecule is CCc1cccc2c(/C=N/n3c(COc4ccc(C)cc4C)n[nH]c3=S)c[nH]c12. The Labute approximate surface area is 174 Å². The monoisotopic (exact) mass is 405 g/mol. The summed E-state index contributed by atoms with van der Waals surface area (Å²) in [6.45, 7) is 6.50. The van der Waals surface area contributed by atoms with Crippen LogP contribution in [0.5, 0.6) is 5.75 Å². The Balaban J connectivity index is 1.59. The van der Waals surface area contributed by atoms with Crippen LogP contribution in [0, 0.1) is 18.6 Å². The van der Waals surface area contributed by atoms with Crippen molar-refractivity contribution in [3.8, 4) is 5.75 Å². The molecule has 0 saturated heterocycles. The minimum absolute atomic E-state index is 0.266. The van der Waals surface area contributed by atoms with Gasteiger partial charge in [-0.05, 0) is 49.7 Å². The molecule has 0 radical (unpaired) electrons. The number of nitrogens with one attached hydrogen (secondary N) is 2. The first-order valence-electron chi connectivity index (χ1n) is 9.56. The lowest BCUT2D eigenvalue weighted by Crippen LogP contribution is -2.05. The number of hydrogen-bond donors (Lipinski definition) is 2. The van der Waals surface area contributed by atoms with E-state index in [9.17, 15) is 0 Å². The van der Waals surface area contributed by atoms with E-state index >= 15 is 0 Å². The molecule has 7 heteroatoms. The maximum atomic E-state index is 5.94. The zero-order chi connectivity index (χ0) is 20.4. The quantitative estimate of drug-likeness (QED) is 0.348. The van der Waals surface area contributed by atoms with Crippen molar-refractivity contribution in [3.63, 3.8) is 0 Å². The fourth-order valence-corrected chi connectivity index (χ4v) is 3.60. The van der Waals surface area contributed by atoms with Crippen molar-refractivity contribution >= 4 is 29.3 Å². The highest BCUT2D eigenvalue weighted by atomic mass is 32.1. The molecule has 0 bridgehead atoms. The predicted octanol–water partition coefficient (Wildman–Crippen LogP) is 5.06. The average Bonchev–Trinajstić information content (AvgIpc) is 3.29. The molecule has 0 unspecified atom stereocenters. The second-order valence-corrected chi connectivity index (χ2v) is 7.38. The summed E-state index contributed by atoms with van der Waals surface area (Å²) in [5.74, 6) is 1.43. The highest BCUT2D eigenvalue weighted by molar-refractivity contribution is 7.71. The first kappa shape index (κ1) is 19.1. The molecule has 2 heterocycles. The Hall–Kier alpha value is -3.19. The molecule has 0 atom stereocenters. The Morgan fingerprint density at radius 2 is 2.10 bits per heavy atom. The van der Waals surface area contributed by atoms with Gasteiger partial charge >= 0.3 is 0 Å². The Morgan fingerprint density at radius 3 is 2.90 bits per heavy atom. The molecule has 4 aromatic rings. The first-order valence-corrected chi connectivity index (χ1v) is 9.97. The lowest BCUT2D eigenvalue weighted by Gasteiger charge is -2.09. The van der Waals surface area contributed by atoms with Crippen LogP contribution in [-0.2, 0) is 13.0 Å². The molecule has 0 amide bonds. The molecule has 0 aliphatic heterocycles. The van der Waals surface area contributed by atoms with Gasteiger partial charge in [-0.2, -0.15) is 14.9 Å². The molecule has 2 aromatic heterocycles. The molecule has 0 fully saturated rings. The number of hydrogen-bond acceptors (Lipinski definition) is 4. The smallest absolute Gasteiger partial charge is 0.216 e. The van der Waals surface area contributed by atoms with Crippen LogP contribution in [0.1, 0.15) is 35.0 Å². The third-order valence-corrected chi connectivity index (χ3v) is 5.20. The van der Waals surface area contributed by atoms with Crippen LogP contribution in [0.4, 0.5) is 0 Å². The zero-order valence-electron chi connectivity index (χ0n) is 16.7. The van der Waals surface area contributed by atoms with Gasteiger partial charge in [0.1, 0.15) is 12.4 Å². The van der Waals surface area contributed by atoms with Crippen molar-refractivity contribution in [2.24, 2.45) is 5.10 Å². The number of benzene rings is 2. The normalized spacial score (nSPS) is 11.6. The number of aromatic amines is 2. The molecule has 29 heavy (non-hydrogen) atoms. The summed E-state index contributed by atoms with van der Waals surface area (Å²) in [7, 11) is 0. The van der Waals surface area contributed by atoms with Gasteiger partial charge in [0.05, 0.1) is 6.21 Å². The van der Waals surface area contributed by atoms with E-state index in [1.165, 1.54) is 11.1 Å². The maximum absolute atomic E-state index is 5.94. The highest BCUT2D eigenvalue weighted by Gasteiger charge is 2.09. The van der Waals surface area contributed by atoms with Crippen molar-refractivity contribution in [1.82, 2.24) is 19.9 Å². The first-order chi connectivity index (χ1) is 14.1. The third kappa shape index (κ3) is 3.86. The Kier molecular flexibility index (Phi) is 5.31. The number of ether oxygens (including phenoxy) is 1. The second kappa shape index (κ2) is 8.05. The van der Waals surface area contributed by atoms with Crippen LogP contribution in [-0.4, -0.2) is 26.1 Å². The van der Waals surface area contributed by atoms with Gasteiger partial charge in [-0.1, -0.05) is 42.8 Å². The summed E-state index contributed by atoms with van der Waals surface area (Å²) in [6, 6.07) is 12.4. The zero-order valence-corrected chi connectivity index (χ0v) is 17.5. The van der Waals surface area contributed by atoms with Crippen molar-refractivity contribution in [1.29, 1.82) is 0 Å². The number of nitrogens with zero attached hydrogens (tertiary/aromatic N) is 3. The molecular weight excluding hydrogens is 382 g/mol. The summed E-state index contributed by atoms with van der Waals surface area (Å²) < 4.78 is 7.96. The lowest BCUT2D eigenvalue weighted by atomic mass is 10.1. The van der Waals surface area contributed by atoms with Gasteiger partial charge < -0.3 is 9.72 Å². The van der Waals surface area contributed by atoms with Gasteiger partial charge in [0.2, 0.25) is 4.77 Å². The van der Waals surface area contributed by atoms with Crippen LogP contribution in [0.2, 0.25) is 0 Å². The summed E-state index contributed by atoms with van der Waals surface area (Å²) in [5, 5.41) is 12.8. The standard InChI is InChI=1S/C22H23N5OS/c1-4-16-6-5-7-18-17(11-23-21(16)18)12-24-27-20(25-26-22(27)29)13-28-19-9-8-14(2)10-15(19)3/h5-12,23H,4,13H2,1-3H3,(H,26,29)/b24-12+. The topological polar surface area (TPSA) is 71.0 Å². The van der Waals surface area contributed by atoms with Crippen LogP contribution >= 0.6 is 12.2 Å². The number of aromatic nitrogens is 4. The summed E-state index contributed by atoms with van der Waals surface area (Å²) in [6.07, 6.45) is 4.73. The minimum atomic E-state index is 0.266. The fraction of sp³-hybridized carbons (Fsp3) is 0.227. The molecule has 2 N–H and O–H groups in total. The molecule has 0 aliphatic carbocycles. The van der Waals surface area contributed by atoms with Crippen LogP contribution in [0.25, 0.3) is 10.9 Å². The van der Waals surface area contributed by atoms with Gasteiger partial charge in [0.25, 0.3) is 0 Å². The average molecular weight is 406 g/mol. The predicted molar refractivity (Wildman–Crippen MR) is 118 cm³/mol. The van der Waals surface area contributed by atoms with Crippen LogP contribution in [0.15, 0.2) is 47.7 Å². The Bertz CT molecular complexity index is 1250. The third-order valence-electron chi connectivity index (χ3n) is 4.93. The van der Waals surface area contributed by atoms with E-state index in [1.807, 2.05) is 25.3 Å². The molecule has 0 spiro atoms. The number of H-pyrrole nitrogens is 2. The number of aryl methyl sites for hydroxylation is 3. The van der Waals surface area contributed by atoms with E-state index < -0.39 is 0 Å². The fourth-order valence-electron chi connectivity index (χ4n) is 3.40. The van der Waals surface area contributed by atoms with Crippen molar-refractivity contribution < 1.29 is 4.74 Å². The van der Waals surface area contributed by atoms with Gasteiger partial charge in [-0.15, -0.1) is 0 Å². The van der Waals surface area contributed by atoms with Crippen LogP contribution < -0.4 is 4.74 Å². The van der Waals surface area contributed by atoms with Crippen LogP contribution in [0.3, 0.4) is 0 Å². The summed E-state index contributed by atoms with van der Waals surface area (Å²) in [4.78, 5) is 3.35. The molecule has 148 valence electrons. The largest absolute Gasteiger partial charge is 0.485 e. The van der Waals surface area contributed by atoms with E-state index in [-0.39, 0.29) is 6.61 Å². The van der Waals surface area contributed by atoms with Crippen molar-refractivity contribution in [3.05, 3.63) is 75.4 Å². The van der Waals surface area contributed by atoms with E-state index in [2.05, 4.69) is 58.4 Å². The van der Waals surface area contributed by atoms with Gasteiger partial charge in [-0.25, -0.2) is 5.10 Å². The molecular formula is C22H23N5OS. The second-order valence-electron chi connectivity index (χ2n) is 7.00. The number of rotatable bonds is 6. The van der Waals surface area contributed by atoms with Gasteiger partial charge in [0.15, 0.2) is 5.82 Å². The number of para-hydroxylation sites is 1. The van der Waals surface area contributed by atoms with Gasteiger partial charge in [-0.3, -0.25) is 0 Å². The maximum Gasteiger partial charge on any atom is 0.216 e. The van der Waals surface area contributed by atoms with Gasteiger partial charge in [0, 0.05) is 22.7 Å². The van der Waals surface area contributed by atoms with Crippen molar-refractivity contribution in [2.75, 3.05) is 0 Å². The summed E-state index contributed by atoms with van der Waals surface area (Å²) in [5.41, 5.74) is 5.71. The molecule has 0 aliphatic rings.